The average Bonchev–Trinajstić information content (AvgIpc) is 2.07. The number of benzene rings is 1. The summed E-state index contributed by atoms with van der Waals surface area (Å²) in [4.78, 5) is 12.4. The second kappa shape index (κ2) is 3.69. The molecular weight excluding hydrogens is 209 g/mol. The molecule has 0 saturated heterocycles. The lowest BCUT2D eigenvalue weighted by molar-refractivity contribution is 0.560. The first-order valence-electron chi connectivity index (χ1n) is 3.53. The van der Waals surface area contributed by atoms with Crippen molar-refractivity contribution in [1.29, 1.82) is 0 Å². The van der Waals surface area contributed by atoms with E-state index < -0.39 is 20.5 Å². The largest absolute Gasteiger partial charge is 0.240 e. The van der Waals surface area contributed by atoms with Crippen molar-refractivity contribution in [2.45, 2.75) is 4.90 Å². The summed E-state index contributed by atoms with van der Waals surface area (Å²) in [5.74, 6) is -1.03. The van der Waals surface area contributed by atoms with Gasteiger partial charge < -0.3 is 0 Å². The van der Waals surface area contributed by atoms with Gasteiger partial charge in [0.15, 0.2) is 15.7 Å². The fourth-order valence-electron chi connectivity index (χ4n) is 0.921. The minimum absolute atomic E-state index is 0.331. The van der Waals surface area contributed by atoms with Crippen molar-refractivity contribution in [1.82, 2.24) is 0 Å². The Bertz CT molecular complexity index is 503. The van der Waals surface area contributed by atoms with Crippen molar-refractivity contribution < 1.29 is 17.6 Å². The number of aliphatic imine (C=N–C) groups is 1. The normalized spacial score (nSPS) is 10.7. The van der Waals surface area contributed by atoms with Crippen LogP contribution in [0.5, 0.6) is 0 Å². The highest BCUT2D eigenvalue weighted by Gasteiger charge is 2.15. The number of rotatable bonds is 2. The van der Waals surface area contributed by atoms with Gasteiger partial charge in [-0.3, -0.25) is 0 Å². The zero-order chi connectivity index (χ0) is 10.8. The number of hydrogen-bond acceptors (Lipinski definition) is 4. The van der Waals surface area contributed by atoms with Gasteiger partial charge in [0.05, 0.1) is 0 Å². The Morgan fingerprint density at radius 1 is 1.43 bits per heavy atom. The van der Waals surface area contributed by atoms with Crippen LogP contribution in [0.15, 0.2) is 28.1 Å². The third-order valence-corrected chi connectivity index (χ3v) is 2.62. The molecule has 0 spiro atoms. The highest BCUT2D eigenvalue weighted by atomic mass is 32.2. The maximum Gasteiger partial charge on any atom is 0.240 e. The van der Waals surface area contributed by atoms with Gasteiger partial charge in [-0.15, -0.1) is 0 Å². The van der Waals surface area contributed by atoms with E-state index >= 15 is 0 Å². The molecule has 0 amide bonds. The monoisotopic (exact) mass is 215 g/mol. The van der Waals surface area contributed by atoms with Gasteiger partial charge in [0.25, 0.3) is 0 Å². The van der Waals surface area contributed by atoms with Crippen molar-refractivity contribution >= 4 is 21.6 Å². The van der Waals surface area contributed by atoms with Crippen LogP contribution in [0, 0.1) is 5.82 Å². The SMILES string of the molecule is CS(=O)(=O)c1cccc(N=C=O)c1F. The van der Waals surface area contributed by atoms with Crippen molar-refractivity contribution in [3.8, 4) is 0 Å². The Hall–Kier alpha value is -1.52. The van der Waals surface area contributed by atoms with E-state index in [2.05, 4.69) is 4.99 Å². The van der Waals surface area contributed by atoms with Crippen LogP contribution in [-0.4, -0.2) is 20.8 Å². The second-order valence-corrected chi connectivity index (χ2v) is 4.55. The molecule has 0 aromatic heterocycles. The molecule has 0 bridgehead atoms. The molecule has 0 aliphatic heterocycles. The van der Waals surface area contributed by atoms with E-state index in [0.29, 0.717) is 0 Å². The summed E-state index contributed by atoms with van der Waals surface area (Å²) in [5.41, 5.74) is -0.331. The van der Waals surface area contributed by atoms with Gasteiger partial charge in [0.1, 0.15) is 10.6 Å². The van der Waals surface area contributed by atoms with E-state index in [1.165, 1.54) is 12.1 Å². The summed E-state index contributed by atoms with van der Waals surface area (Å²) < 4.78 is 35.4. The maximum absolute atomic E-state index is 13.3. The summed E-state index contributed by atoms with van der Waals surface area (Å²) in [6.07, 6.45) is 2.02. The molecule has 0 aliphatic rings. The molecule has 0 saturated carbocycles. The van der Waals surface area contributed by atoms with Gasteiger partial charge in [-0.25, -0.2) is 17.6 Å². The van der Waals surface area contributed by atoms with E-state index in [1.807, 2.05) is 0 Å². The molecule has 0 radical (unpaired) electrons. The van der Waals surface area contributed by atoms with E-state index in [4.69, 9.17) is 0 Å². The Morgan fingerprint density at radius 2 is 2.07 bits per heavy atom. The Labute approximate surface area is 80.0 Å². The molecule has 0 heterocycles. The van der Waals surface area contributed by atoms with Crippen LogP contribution in [0.4, 0.5) is 10.1 Å². The molecule has 74 valence electrons. The Kier molecular flexibility index (Phi) is 2.78. The van der Waals surface area contributed by atoms with Crippen LogP contribution in [0.1, 0.15) is 0 Å². The van der Waals surface area contributed by atoms with Crippen molar-refractivity contribution in [2.24, 2.45) is 4.99 Å². The summed E-state index contributed by atoms with van der Waals surface area (Å²) in [6.45, 7) is 0. The summed E-state index contributed by atoms with van der Waals surface area (Å²) in [7, 11) is -3.64. The highest BCUT2D eigenvalue weighted by Crippen LogP contribution is 2.23. The third-order valence-electron chi connectivity index (χ3n) is 1.51. The quantitative estimate of drug-likeness (QED) is 0.550. The molecule has 0 aliphatic carbocycles. The standard InChI is InChI=1S/C8H6FNO3S/c1-14(12,13)7-4-2-3-6(8(7)9)10-5-11/h2-4H,1H3. The second-order valence-electron chi connectivity index (χ2n) is 2.56. The zero-order valence-electron chi connectivity index (χ0n) is 7.19. The number of carbonyl (C=O) groups excluding carboxylic acids is 1. The maximum atomic E-state index is 13.3. The minimum Gasteiger partial charge on any atom is -0.224 e. The lowest BCUT2D eigenvalue weighted by Gasteiger charge is -2.00. The summed E-state index contributed by atoms with van der Waals surface area (Å²) >= 11 is 0. The summed E-state index contributed by atoms with van der Waals surface area (Å²) in [5, 5.41) is 0. The fourth-order valence-corrected chi connectivity index (χ4v) is 1.68. The Balaban J connectivity index is 3.50. The topological polar surface area (TPSA) is 63.6 Å². The van der Waals surface area contributed by atoms with Crippen molar-refractivity contribution in [3.63, 3.8) is 0 Å². The molecule has 6 heteroatoms. The predicted molar refractivity (Wildman–Crippen MR) is 47.3 cm³/mol. The van der Waals surface area contributed by atoms with Crippen LogP contribution in [0.3, 0.4) is 0 Å². The van der Waals surface area contributed by atoms with Crippen molar-refractivity contribution in [2.75, 3.05) is 6.26 Å². The van der Waals surface area contributed by atoms with Gasteiger partial charge in [-0.05, 0) is 12.1 Å². The number of nitrogens with zero attached hydrogens (tertiary/aromatic N) is 1. The van der Waals surface area contributed by atoms with E-state index in [1.54, 1.807) is 0 Å². The summed E-state index contributed by atoms with van der Waals surface area (Å²) in [6, 6.07) is 3.60. The van der Waals surface area contributed by atoms with E-state index in [-0.39, 0.29) is 5.69 Å². The number of sulfone groups is 1. The first-order chi connectivity index (χ1) is 6.46. The molecule has 1 aromatic rings. The number of halogens is 1. The molecule has 4 nitrogen and oxygen atoms in total. The molecule has 0 unspecified atom stereocenters. The molecular formula is C8H6FNO3S. The van der Waals surface area contributed by atoms with Crippen LogP contribution < -0.4 is 0 Å². The van der Waals surface area contributed by atoms with Crippen LogP contribution >= 0.6 is 0 Å². The average molecular weight is 215 g/mol. The van der Waals surface area contributed by atoms with Crippen molar-refractivity contribution in [3.05, 3.63) is 24.0 Å². The first kappa shape index (κ1) is 10.6. The molecule has 14 heavy (non-hydrogen) atoms. The van der Waals surface area contributed by atoms with Crippen LogP contribution in [0.2, 0.25) is 0 Å². The van der Waals surface area contributed by atoms with Gasteiger partial charge >= 0.3 is 0 Å². The van der Waals surface area contributed by atoms with Crippen LogP contribution in [0.25, 0.3) is 0 Å². The minimum atomic E-state index is -3.64. The smallest absolute Gasteiger partial charge is 0.224 e. The molecule has 1 aromatic carbocycles. The predicted octanol–water partition coefficient (Wildman–Crippen LogP) is 1.20. The van der Waals surface area contributed by atoms with E-state index in [0.717, 1.165) is 18.4 Å². The number of isocyanates is 1. The highest BCUT2D eigenvalue weighted by molar-refractivity contribution is 7.90. The lowest BCUT2D eigenvalue weighted by Crippen LogP contribution is -2.00. The van der Waals surface area contributed by atoms with E-state index in [9.17, 15) is 17.6 Å². The number of hydrogen-bond donors (Lipinski definition) is 0. The zero-order valence-corrected chi connectivity index (χ0v) is 8.01. The molecule has 0 N–H and O–H groups in total. The first-order valence-corrected chi connectivity index (χ1v) is 5.42. The van der Waals surface area contributed by atoms with Gasteiger partial charge in [-0.2, -0.15) is 4.99 Å². The van der Waals surface area contributed by atoms with Gasteiger partial charge in [0, 0.05) is 6.26 Å². The molecule has 0 fully saturated rings. The lowest BCUT2D eigenvalue weighted by atomic mass is 10.3. The van der Waals surface area contributed by atoms with Gasteiger partial charge in [0.2, 0.25) is 6.08 Å². The molecule has 1 rings (SSSR count). The van der Waals surface area contributed by atoms with Crippen LogP contribution in [-0.2, 0) is 14.6 Å². The fraction of sp³-hybridized carbons (Fsp3) is 0.125. The Morgan fingerprint density at radius 3 is 2.57 bits per heavy atom. The molecule has 0 atom stereocenters. The van der Waals surface area contributed by atoms with Gasteiger partial charge in [-0.1, -0.05) is 6.07 Å². The third kappa shape index (κ3) is 2.04.